The Kier molecular flexibility index (Phi) is 3.99. The van der Waals surface area contributed by atoms with Gasteiger partial charge in [-0.15, -0.1) is 0 Å². The number of hydrogen-bond donors (Lipinski definition) is 4. The average Bonchev–Trinajstić information content (AvgIpc) is 1.85. The molecule has 0 aliphatic rings. The second-order valence-corrected chi connectivity index (χ2v) is 10.5. The molecule has 0 saturated carbocycles. The summed E-state index contributed by atoms with van der Waals surface area (Å²) in [4.78, 5) is 25.8. The van der Waals surface area contributed by atoms with Gasteiger partial charge in [0, 0.05) is 0 Å². The van der Waals surface area contributed by atoms with E-state index in [1.807, 2.05) is 0 Å². The molecule has 0 aromatic carbocycles. The average molecular weight is 324 g/mol. The third-order valence-electron chi connectivity index (χ3n) is 1.05. The topological polar surface area (TPSA) is 124 Å². The molecular weight excluding hydrogens is 317 g/mol. The molecular formula is C2H7O7P2Sn+3. The molecule has 0 amide bonds. The molecule has 0 fully saturated rings. The summed E-state index contributed by atoms with van der Waals surface area (Å²) in [6.45, 7) is 0. The third kappa shape index (κ3) is 2.30. The second kappa shape index (κ2) is 3.67. The summed E-state index contributed by atoms with van der Waals surface area (Å²) >= 11 is -0.180. The van der Waals surface area contributed by atoms with E-state index in [0.29, 0.717) is 0 Å². The Balaban J connectivity index is 5.14. The molecule has 10 heteroatoms. The van der Waals surface area contributed by atoms with E-state index >= 15 is 0 Å². The molecule has 0 heterocycles. The van der Waals surface area contributed by atoms with E-state index < -0.39 is 18.3 Å². The molecule has 0 radical (unpaired) electrons. The molecule has 0 aromatic rings. The van der Waals surface area contributed by atoms with E-state index in [0.717, 1.165) is 7.11 Å². The molecule has 0 aromatic heterocycles. The van der Waals surface area contributed by atoms with Gasteiger partial charge in [-0.05, 0) is 0 Å². The van der Waals surface area contributed by atoms with Crippen LogP contribution in [0.25, 0.3) is 0 Å². The Morgan fingerprint density at radius 3 is 1.75 bits per heavy atom. The van der Waals surface area contributed by atoms with Crippen LogP contribution in [-0.2, 0) is 13.7 Å². The molecule has 2 unspecified atom stereocenters. The van der Waals surface area contributed by atoms with Gasteiger partial charge in [0.1, 0.15) is 0 Å². The molecule has 2 atom stereocenters. The van der Waals surface area contributed by atoms with Gasteiger partial charge < -0.3 is 0 Å². The van der Waals surface area contributed by atoms with Crippen LogP contribution in [0.2, 0.25) is 0 Å². The molecule has 12 heavy (non-hydrogen) atoms. The summed E-state index contributed by atoms with van der Waals surface area (Å²) in [7, 11) is -8.93. The van der Waals surface area contributed by atoms with Gasteiger partial charge in [-0.25, -0.2) is 0 Å². The molecule has 0 aliphatic heterocycles. The van der Waals surface area contributed by atoms with E-state index in [2.05, 4.69) is 4.52 Å². The molecule has 7 nitrogen and oxygen atoms in total. The molecule has 4 N–H and O–H groups in total. The predicted molar refractivity (Wildman–Crippen MR) is 39.6 cm³/mol. The van der Waals surface area contributed by atoms with Crippen LogP contribution >= 0.6 is 15.2 Å². The van der Waals surface area contributed by atoms with Crippen LogP contribution in [0, 0.1) is 0 Å². The first-order valence-corrected chi connectivity index (χ1v) is 7.09. The van der Waals surface area contributed by atoms with Crippen molar-refractivity contribution in [1.29, 1.82) is 0 Å². The van der Waals surface area contributed by atoms with E-state index in [1.165, 1.54) is 0 Å². The summed E-state index contributed by atoms with van der Waals surface area (Å²) in [6.07, 6.45) is 0. The first-order chi connectivity index (χ1) is 5.06. The Hall–Kier alpha value is 1.06. The zero-order valence-electron chi connectivity index (χ0n) is 5.91. The zero-order chi connectivity index (χ0) is 10.2. The van der Waals surface area contributed by atoms with E-state index in [9.17, 15) is 9.13 Å². The molecule has 0 spiro atoms. The molecule has 0 bridgehead atoms. The summed E-state index contributed by atoms with van der Waals surface area (Å²) in [5, 5.41) is 9.02. The van der Waals surface area contributed by atoms with Crippen LogP contribution in [0.3, 0.4) is 0 Å². The monoisotopic (exact) mass is 325 g/mol. The van der Waals surface area contributed by atoms with Gasteiger partial charge in [0.2, 0.25) is 0 Å². The zero-order valence-corrected chi connectivity index (χ0v) is 10.6. The fraction of sp³-hybridized carbons (Fsp3) is 1.00. The van der Waals surface area contributed by atoms with Crippen molar-refractivity contribution in [3.05, 3.63) is 0 Å². The van der Waals surface area contributed by atoms with Crippen LogP contribution in [0.1, 0.15) is 0 Å². The van der Waals surface area contributed by atoms with Crippen molar-refractivity contribution in [1.82, 2.24) is 0 Å². The summed E-state index contributed by atoms with van der Waals surface area (Å²) in [6, 6.07) is 0. The van der Waals surface area contributed by atoms with Crippen molar-refractivity contribution in [2.24, 2.45) is 0 Å². The maximum atomic E-state index is 10.9. The van der Waals surface area contributed by atoms with E-state index in [-0.39, 0.29) is 22.5 Å². The normalized spacial score (nSPS) is 22.9. The van der Waals surface area contributed by atoms with Crippen molar-refractivity contribution in [3.8, 4) is 0 Å². The van der Waals surface area contributed by atoms with E-state index in [4.69, 9.17) is 19.8 Å². The van der Waals surface area contributed by atoms with Crippen molar-refractivity contribution < 1.29 is 33.4 Å². The SMILES string of the molecule is COP(=O)(O)[C](O)([Sn+3])P(=O)(O)O. The number of rotatable bonds is 3. The third-order valence-corrected chi connectivity index (χ3v) is 9.60. The Morgan fingerprint density at radius 1 is 1.33 bits per heavy atom. The minimum absolute atomic E-state index is 0.180. The molecule has 0 rings (SSSR count). The Bertz CT molecular complexity index is 254. The van der Waals surface area contributed by atoms with Crippen molar-refractivity contribution in [2.75, 3.05) is 7.11 Å². The van der Waals surface area contributed by atoms with Gasteiger partial charge >= 0.3 is 81.4 Å². The van der Waals surface area contributed by atoms with Gasteiger partial charge in [0.05, 0.1) is 0 Å². The first-order valence-electron chi connectivity index (χ1n) is 2.48. The standard InChI is InChI=1S/C2H7O7P2.Sn/c1-9-11(7,8)2(3)10(4,5)6;/h3H,1H3,(H,7,8)(H2,4,5,6);/q;+3. The van der Waals surface area contributed by atoms with Crippen molar-refractivity contribution >= 4 is 37.7 Å². The van der Waals surface area contributed by atoms with Gasteiger partial charge in [-0.1, -0.05) is 0 Å². The van der Waals surface area contributed by atoms with Crippen LogP contribution in [0.15, 0.2) is 0 Å². The van der Waals surface area contributed by atoms with Gasteiger partial charge in [-0.3, -0.25) is 0 Å². The van der Waals surface area contributed by atoms with Crippen molar-refractivity contribution in [2.45, 2.75) is 3.10 Å². The van der Waals surface area contributed by atoms with Crippen LogP contribution < -0.4 is 0 Å². The molecule has 0 aliphatic carbocycles. The summed E-state index contributed by atoms with van der Waals surface area (Å²) in [5.74, 6) is 0. The van der Waals surface area contributed by atoms with Gasteiger partial charge in [0.15, 0.2) is 0 Å². The minimum atomic E-state index is -5.05. The number of aliphatic hydroxyl groups is 1. The quantitative estimate of drug-likeness (QED) is 0.378. The summed E-state index contributed by atoms with van der Waals surface area (Å²) in [5.41, 5.74) is 0. The predicted octanol–water partition coefficient (Wildman–Crippen LogP) is -1.23. The number of hydrogen-bond acceptors (Lipinski definition) is 4. The molecule has 68 valence electrons. The summed E-state index contributed by atoms with van der Waals surface area (Å²) < 4.78 is 22.3. The molecule has 0 saturated heterocycles. The first kappa shape index (κ1) is 13.1. The van der Waals surface area contributed by atoms with Gasteiger partial charge in [0.25, 0.3) is 0 Å². The van der Waals surface area contributed by atoms with Crippen LogP contribution in [0.5, 0.6) is 0 Å². The van der Waals surface area contributed by atoms with Gasteiger partial charge in [-0.2, -0.15) is 0 Å². The fourth-order valence-electron chi connectivity index (χ4n) is 0.292. The second-order valence-electron chi connectivity index (χ2n) is 1.88. The fourth-order valence-corrected chi connectivity index (χ4v) is 2.89. The van der Waals surface area contributed by atoms with Crippen LogP contribution in [-0.4, -0.2) is 52.5 Å². The Morgan fingerprint density at radius 2 is 1.67 bits per heavy atom. The maximum absolute atomic E-state index is 10.9. The van der Waals surface area contributed by atoms with Crippen molar-refractivity contribution in [3.63, 3.8) is 0 Å². The van der Waals surface area contributed by atoms with E-state index in [1.54, 1.807) is 0 Å². The van der Waals surface area contributed by atoms with Crippen LogP contribution in [0.4, 0.5) is 0 Å². The Labute approximate surface area is 81.5 Å².